The smallest absolute Gasteiger partial charge is 0.145 e. The Morgan fingerprint density at radius 3 is 1.98 bits per heavy atom. The van der Waals surface area contributed by atoms with Gasteiger partial charge in [0.2, 0.25) is 0 Å². The molecule has 0 saturated carbocycles. The molecule has 0 unspecified atom stereocenters. The molecule has 0 bridgehead atoms. The van der Waals surface area contributed by atoms with E-state index in [0.717, 1.165) is 64.5 Å². The molecule has 8 heteroatoms. The Morgan fingerprint density at radius 2 is 1.37 bits per heavy atom. The Bertz CT molecular complexity index is 1630. The van der Waals surface area contributed by atoms with Gasteiger partial charge in [-0.15, -0.1) is 0 Å². The lowest BCUT2D eigenvalue weighted by Crippen LogP contribution is -2.47. The summed E-state index contributed by atoms with van der Waals surface area (Å²) in [4.78, 5) is 14.7. The van der Waals surface area contributed by atoms with E-state index < -0.39 is 0 Å². The average Bonchev–Trinajstić information content (AvgIpc) is 3.00. The summed E-state index contributed by atoms with van der Waals surface area (Å²) >= 11 is 12.4. The highest BCUT2D eigenvalue weighted by Gasteiger charge is 2.27. The van der Waals surface area contributed by atoms with Crippen molar-refractivity contribution >= 4 is 45.6 Å². The molecule has 0 atom stereocenters. The first kappa shape index (κ1) is 27.2. The fourth-order valence-electron chi connectivity index (χ4n) is 5.34. The van der Waals surface area contributed by atoms with Crippen molar-refractivity contribution in [2.45, 2.75) is 12.6 Å². The van der Waals surface area contributed by atoms with Gasteiger partial charge in [0.05, 0.1) is 29.7 Å². The Morgan fingerprint density at radius 1 is 0.756 bits per heavy atom. The van der Waals surface area contributed by atoms with Crippen LogP contribution < -0.4 is 5.32 Å². The second-order valence-electron chi connectivity index (χ2n) is 10.1. The van der Waals surface area contributed by atoms with E-state index >= 15 is 0 Å². The zero-order valence-electron chi connectivity index (χ0n) is 22.3. The summed E-state index contributed by atoms with van der Waals surface area (Å²) in [6.45, 7) is 4.26. The Hall–Kier alpha value is -3.99. The lowest BCUT2D eigenvalue weighted by Gasteiger charge is -2.39. The molecule has 4 aromatic carbocycles. The number of halogens is 2. The summed E-state index contributed by atoms with van der Waals surface area (Å²) in [6, 6.07) is 34.0. The standard InChI is InChI=1S/C33H28Cl2N6/c34-26-11-7-24(8-12-26)32(25-9-13-27(35)14-10-25)41-19-17-40(18-20-41)22-31-38-30-4-2-1-3-29(30)33(39-31)37-28-15-5-23(21-36)6-16-28/h1-16,32H,17-20,22H2,(H,37,38,39). The van der Waals surface area contributed by atoms with Crippen molar-refractivity contribution in [2.24, 2.45) is 0 Å². The molecule has 204 valence electrons. The minimum absolute atomic E-state index is 0.117. The van der Waals surface area contributed by atoms with Gasteiger partial charge in [-0.3, -0.25) is 9.80 Å². The maximum atomic E-state index is 9.13. The third-order valence-corrected chi connectivity index (χ3v) is 7.94. The van der Waals surface area contributed by atoms with Crippen LogP contribution in [0.2, 0.25) is 10.0 Å². The van der Waals surface area contributed by atoms with Crippen LogP contribution in [0.25, 0.3) is 10.9 Å². The molecule has 5 aromatic rings. The Labute approximate surface area is 249 Å². The third-order valence-electron chi connectivity index (χ3n) is 7.43. The second-order valence-corrected chi connectivity index (χ2v) is 11.0. The maximum absolute atomic E-state index is 9.13. The van der Waals surface area contributed by atoms with Crippen LogP contribution in [-0.2, 0) is 6.54 Å². The van der Waals surface area contributed by atoms with Gasteiger partial charge >= 0.3 is 0 Å². The number of piperazine rings is 1. The van der Waals surface area contributed by atoms with Crippen molar-refractivity contribution in [3.8, 4) is 6.07 Å². The van der Waals surface area contributed by atoms with Gasteiger partial charge in [0.1, 0.15) is 11.6 Å². The van der Waals surface area contributed by atoms with E-state index in [1.165, 1.54) is 11.1 Å². The number of anilines is 2. The lowest BCUT2D eigenvalue weighted by atomic mass is 9.96. The van der Waals surface area contributed by atoms with Crippen LogP contribution >= 0.6 is 23.2 Å². The molecule has 1 aromatic heterocycles. The summed E-state index contributed by atoms with van der Waals surface area (Å²) < 4.78 is 0. The zero-order valence-corrected chi connectivity index (χ0v) is 23.9. The number of hydrogen-bond acceptors (Lipinski definition) is 6. The van der Waals surface area contributed by atoms with Crippen molar-refractivity contribution < 1.29 is 0 Å². The quantitative estimate of drug-likeness (QED) is 0.216. The fraction of sp³-hybridized carbons (Fsp3) is 0.182. The van der Waals surface area contributed by atoms with Gasteiger partial charge in [-0.05, 0) is 71.8 Å². The summed E-state index contributed by atoms with van der Waals surface area (Å²) in [7, 11) is 0. The number of nitrogens with one attached hydrogen (secondary N) is 1. The number of benzene rings is 4. The maximum Gasteiger partial charge on any atom is 0.145 e. The second kappa shape index (κ2) is 12.3. The van der Waals surface area contributed by atoms with Crippen LogP contribution in [0.4, 0.5) is 11.5 Å². The molecule has 1 aliphatic rings. The van der Waals surface area contributed by atoms with Crippen molar-refractivity contribution in [2.75, 3.05) is 31.5 Å². The average molecular weight is 580 g/mol. The monoisotopic (exact) mass is 578 g/mol. The molecule has 2 heterocycles. The molecule has 41 heavy (non-hydrogen) atoms. The lowest BCUT2D eigenvalue weighted by molar-refractivity contribution is 0.103. The third kappa shape index (κ3) is 6.35. The SMILES string of the molecule is N#Cc1ccc(Nc2nc(CN3CCN(C(c4ccc(Cl)cc4)c4ccc(Cl)cc4)CC3)nc3ccccc23)cc1. The normalized spacial score (nSPS) is 14.3. The van der Waals surface area contributed by atoms with E-state index in [-0.39, 0.29) is 6.04 Å². The van der Waals surface area contributed by atoms with Gasteiger partial charge in [-0.1, -0.05) is 59.6 Å². The van der Waals surface area contributed by atoms with Gasteiger partial charge in [-0.2, -0.15) is 5.26 Å². The minimum Gasteiger partial charge on any atom is -0.340 e. The first-order valence-corrected chi connectivity index (χ1v) is 14.3. The number of hydrogen-bond donors (Lipinski definition) is 1. The highest BCUT2D eigenvalue weighted by molar-refractivity contribution is 6.30. The molecule has 0 spiro atoms. The van der Waals surface area contributed by atoms with Gasteiger partial charge < -0.3 is 5.32 Å². The predicted octanol–water partition coefficient (Wildman–Crippen LogP) is 7.46. The van der Waals surface area contributed by atoms with Crippen LogP contribution in [0.3, 0.4) is 0 Å². The van der Waals surface area contributed by atoms with E-state index in [2.05, 4.69) is 45.5 Å². The molecule has 1 saturated heterocycles. The van der Waals surface area contributed by atoms with E-state index in [4.69, 9.17) is 38.4 Å². The van der Waals surface area contributed by atoms with E-state index in [1.807, 2.05) is 60.7 Å². The van der Waals surface area contributed by atoms with E-state index in [1.54, 1.807) is 12.1 Å². The largest absolute Gasteiger partial charge is 0.340 e. The number of nitriles is 1. The van der Waals surface area contributed by atoms with Crippen molar-refractivity contribution in [3.05, 3.63) is 130 Å². The molecular formula is C33H28Cl2N6. The van der Waals surface area contributed by atoms with Crippen molar-refractivity contribution in [1.29, 1.82) is 5.26 Å². The highest BCUT2D eigenvalue weighted by atomic mass is 35.5. The van der Waals surface area contributed by atoms with E-state index in [0.29, 0.717) is 12.1 Å². The topological polar surface area (TPSA) is 68.1 Å². The van der Waals surface area contributed by atoms with Gasteiger partial charge in [0, 0.05) is 47.3 Å². The molecule has 0 aliphatic carbocycles. The van der Waals surface area contributed by atoms with Crippen LogP contribution in [0, 0.1) is 11.3 Å². The molecule has 1 aliphatic heterocycles. The molecule has 6 rings (SSSR count). The fourth-order valence-corrected chi connectivity index (χ4v) is 5.59. The first-order valence-electron chi connectivity index (χ1n) is 13.6. The van der Waals surface area contributed by atoms with Gasteiger partial charge in [0.15, 0.2) is 0 Å². The van der Waals surface area contributed by atoms with Crippen LogP contribution in [0.15, 0.2) is 97.1 Å². The zero-order chi connectivity index (χ0) is 28.2. The van der Waals surface area contributed by atoms with Crippen molar-refractivity contribution in [3.63, 3.8) is 0 Å². The molecule has 0 amide bonds. The number of para-hydroxylation sites is 1. The Kier molecular flexibility index (Phi) is 8.13. The molecule has 0 radical (unpaired) electrons. The molecule has 1 fully saturated rings. The summed E-state index contributed by atoms with van der Waals surface area (Å²) in [5, 5.41) is 15.0. The summed E-state index contributed by atoms with van der Waals surface area (Å²) in [5.74, 6) is 1.54. The minimum atomic E-state index is 0.117. The van der Waals surface area contributed by atoms with Crippen LogP contribution in [-0.4, -0.2) is 45.9 Å². The molecular weight excluding hydrogens is 551 g/mol. The van der Waals surface area contributed by atoms with Gasteiger partial charge in [-0.25, -0.2) is 9.97 Å². The van der Waals surface area contributed by atoms with Gasteiger partial charge in [0.25, 0.3) is 0 Å². The number of nitrogens with zero attached hydrogens (tertiary/aromatic N) is 5. The number of rotatable bonds is 7. The number of aromatic nitrogens is 2. The first-order chi connectivity index (χ1) is 20.1. The summed E-state index contributed by atoms with van der Waals surface area (Å²) in [5.41, 5.74) is 4.82. The van der Waals surface area contributed by atoms with E-state index in [9.17, 15) is 0 Å². The Balaban J connectivity index is 1.20. The highest BCUT2D eigenvalue weighted by Crippen LogP contribution is 2.32. The molecule has 6 nitrogen and oxygen atoms in total. The van der Waals surface area contributed by atoms with Crippen molar-refractivity contribution in [1.82, 2.24) is 19.8 Å². The van der Waals surface area contributed by atoms with Crippen LogP contribution in [0.1, 0.15) is 28.6 Å². The summed E-state index contributed by atoms with van der Waals surface area (Å²) in [6.07, 6.45) is 0. The number of fused-ring (bicyclic) bond motifs is 1. The predicted molar refractivity (Wildman–Crippen MR) is 166 cm³/mol. The molecule has 1 N–H and O–H groups in total. The van der Waals surface area contributed by atoms with Crippen LogP contribution in [0.5, 0.6) is 0 Å².